The summed E-state index contributed by atoms with van der Waals surface area (Å²) in [7, 11) is 1.68. The Labute approximate surface area is 196 Å². The van der Waals surface area contributed by atoms with Crippen LogP contribution in [0.2, 0.25) is 0 Å². The molecule has 1 aromatic heterocycles. The number of nitrogens with zero attached hydrogens (tertiary/aromatic N) is 2. The number of benzene rings is 1. The minimum atomic E-state index is 0. The highest BCUT2D eigenvalue weighted by Crippen LogP contribution is 2.23. The highest BCUT2D eigenvalue weighted by Gasteiger charge is 2.25. The SMILES string of the molecule is CCNC(=NCc1cccc(OC)c1)NCC(c1ccc(C)o1)N1CCOCC1.I. The van der Waals surface area contributed by atoms with Crippen molar-refractivity contribution >= 4 is 29.9 Å². The first-order valence-corrected chi connectivity index (χ1v) is 10.2. The van der Waals surface area contributed by atoms with Crippen molar-refractivity contribution in [3.63, 3.8) is 0 Å². The van der Waals surface area contributed by atoms with E-state index in [9.17, 15) is 0 Å². The summed E-state index contributed by atoms with van der Waals surface area (Å²) in [6.45, 7) is 9.41. The molecule has 2 heterocycles. The van der Waals surface area contributed by atoms with Gasteiger partial charge in [0, 0.05) is 26.2 Å². The molecule has 166 valence electrons. The lowest BCUT2D eigenvalue weighted by molar-refractivity contribution is 0.0124. The van der Waals surface area contributed by atoms with Gasteiger partial charge in [-0.2, -0.15) is 0 Å². The van der Waals surface area contributed by atoms with E-state index in [0.717, 1.165) is 61.6 Å². The van der Waals surface area contributed by atoms with Crippen molar-refractivity contribution in [2.75, 3.05) is 46.5 Å². The van der Waals surface area contributed by atoms with Crippen LogP contribution in [0, 0.1) is 6.92 Å². The molecule has 0 aliphatic carbocycles. The van der Waals surface area contributed by atoms with Gasteiger partial charge in [0.05, 0.1) is 32.9 Å². The molecule has 2 aromatic rings. The van der Waals surface area contributed by atoms with Gasteiger partial charge in [-0.15, -0.1) is 24.0 Å². The molecule has 0 saturated carbocycles. The molecule has 3 rings (SSSR count). The maximum Gasteiger partial charge on any atom is 0.191 e. The van der Waals surface area contributed by atoms with Crippen molar-refractivity contribution in [3.8, 4) is 5.75 Å². The van der Waals surface area contributed by atoms with Gasteiger partial charge in [0.15, 0.2) is 5.96 Å². The van der Waals surface area contributed by atoms with E-state index in [0.29, 0.717) is 13.1 Å². The van der Waals surface area contributed by atoms with E-state index < -0.39 is 0 Å². The quantitative estimate of drug-likeness (QED) is 0.311. The number of furan rings is 1. The van der Waals surface area contributed by atoms with Crippen LogP contribution in [0.1, 0.15) is 30.0 Å². The average Bonchev–Trinajstić information content (AvgIpc) is 3.19. The first-order valence-electron chi connectivity index (χ1n) is 10.2. The molecule has 30 heavy (non-hydrogen) atoms. The third-order valence-corrected chi connectivity index (χ3v) is 4.94. The lowest BCUT2D eigenvalue weighted by Gasteiger charge is -2.33. The van der Waals surface area contributed by atoms with Crippen molar-refractivity contribution in [3.05, 3.63) is 53.5 Å². The molecular weight excluding hydrogens is 495 g/mol. The lowest BCUT2D eigenvalue weighted by Crippen LogP contribution is -2.46. The van der Waals surface area contributed by atoms with Gasteiger partial charge in [-0.1, -0.05) is 12.1 Å². The highest BCUT2D eigenvalue weighted by atomic mass is 127. The van der Waals surface area contributed by atoms with Crippen molar-refractivity contribution in [2.24, 2.45) is 4.99 Å². The number of halogens is 1. The van der Waals surface area contributed by atoms with Gasteiger partial charge in [-0.05, 0) is 43.7 Å². The molecule has 0 bridgehead atoms. The van der Waals surface area contributed by atoms with Crippen LogP contribution < -0.4 is 15.4 Å². The predicted octanol–water partition coefficient (Wildman–Crippen LogP) is 3.34. The summed E-state index contributed by atoms with van der Waals surface area (Å²) in [5, 5.41) is 6.82. The van der Waals surface area contributed by atoms with Gasteiger partial charge < -0.3 is 24.5 Å². The van der Waals surface area contributed by atoms with E-state index in [-0.39, 0.29) is 30.0 Å². The first kappa shape index (κ1) is 24.5. The molecule has 1 aliphatic heterocycles. The Bertz CT molecular complexity index is 790. The molecule has 0 amide bonds. The Morgan fingerprint density at radius 1 is 1.20 bits per heavy atom. The molecule has 2 N–H and O–H groups in total. The molecule has 1 fully saturated rings. The van der Waals surface area contributed by atoms with E-state index in [1.807, 2.05) is 31.2 Å². The molecule has 1 aliphatic rings. The average molecular weight is 528 g/mol. The van der Waals surface area contributed by atoms with E-state index in [4.69, 9.17) is 18.9 Å². The predicted molar refractivity (Wildman–Crippen MR) is 130 cm³/mol. The number of methoxy groups -OCH3 is 1. The monoisotopic (exact) mass is 528 g/mol. The molecule has 0 spiro atoms. The van der Waals surface area contributed by atoms with Crippen molar-refractivity contribution in [2.45, 2.75) is 26.4 Å². The largest absolute Gasteiger partial charge is 0.497 e. The van der Waals surface area contributed by atoms with Gasteiger partial charge in [0.2, 0.25) is 0 Å². The summed E-state index contributed by atoms with van der Waals surface area (Å²) >= 11 is 0. The zero-order chi connectivity index (χ0) is 20.5. The van der Waals surface area contributed by atoms with E-state index in [2.05, 4.69) is 34.6 Å². The fourth-order valence-electron chi connectivity index (χ4n) is 3.41. The van der Waals surface area contributed by atoms with Crippen LogP contribution in [0.25, 0.3) is 0 Å². The number of morpholine rings is 1. The zero-order valence-electron chi connectivity index (χ0n) is 18.0. The second-order valence-corrected chi connectivity index (χ2v) is 7.04. The molecule has 7 nitrogen and oxygen atoms in total. The third-order valence-electron chi connectivity index (χ3n) is 4.94. The maximum atomic E-state index is 5.95. The van der Waals surface area contributed by atoms with Crippen molar-refractivity contribution in [1.29, 1.82) is 0 Å². The summed E-state index contributed by atoms with van der Waals surface area (Å²) < 4.78 is 16.8. The Hall–Kier alpha value is -1.78. The Kier molecular flexibility index (Phi) is 10.5. The molecule has 1 atom stereocenters. The highest BCUT2D eigenvalue weighted by molar-refractivity contribution is 14.0. The summed E-state index contributed by atoms with van der Waals surface area (Å²) in [6, 6.07) is 12.2. The number of guanidine groups is 1. The molecular formula is C22H33IN4O3. The van der Waals surface area contributed by atoms with Crippen molar-refractivity contribution in [1.82, 2.24) is 15.5 Å². The van der Waals surface area contributed by atoms with Crippen molar-refractivity contribution < 1.29 is 13.9 Å². The van der Waals surface area contributed by atoms with Gasteiger partial charge in [-0.3, -0.25) is 4.90 Å². The van der Waals surface area contributed by atoms with Crippen LogP contribution in [0.3, 0.4) is 0 Å². The summed E-state index contributed by atoms with van der Waals surface area (Å²) in [6.07, 6.45) is 0. The third kappa shape index (κ3) is 7.17. The standard InChI is InChI=1S/C22H32N4O3.HI/c1-4-23-22(24-15-18-6-5-7-19(14-18)27-3)25-16-20(21-9-8-17(2)29-21)26-10-12-28-13-11-26;/h5-9,14,20H,4,10-13,15-16H2,1-3H3,(H2,23,24,25);1H. The molecule has 1 unspecified atom stereocenters. The van der Waals surface area contributed by atoms with E-state index in [1.165, 1.54) is 0 Å². The summed E-state index contributed by atoms with van der Waals surface area (Å²) in [4.78, 5) is 7.14. The van der Waals surface area contributed by atoms with Crippen LogP contribution in [-0.2, 0) is 11.3 Å². The Morgan fingerprint density at radius 2 is 2.00 bits per heavy atom. The van der Waals surface area contributed by atoms with Crippen LogP contribution >= 0.6 is 24.0 Å². The summed E-state index contributed by atoms with van der Waals surface area (Å²) in [5.74, 6) is 3.53. The molecule has 0 radical (unpaired) electrons. The first-order chi connectivity index (χ1) is 14.2. The maximum absolute atomic E-state index is 5.95. The second-order valence-electron chi connectivity index (χ2n) is 7.04. The van der Waals surface area contributed by atoms with Crippen LogP contribution in [0.15, 0.2) is 45.8 Å². The van der Waals surface area contributed by atoms with Crippen LogP contribution in [0.5, 0.6) is 5.75 Å². The number of ether oxygens (including phenoxy) is 2. The Morgan fingerprint density at radius 3 is 2.67 bits per heavy atom. The van der Waals surface area contributed by atoms with Gasteiger partial charge >= 0.3 is 0 Å². The van der Waals surface area contributed by atoms with Gasteiger partial charge in [0.1, 0.15) is 17.3 Å². The molecule has 1 aromatic carbocycles. The normalized spacial score (nSPS) is 15.9. The second kappa shape index (κ2) is 12.8. The topological polar surface area (TPSA) is 71.3 Å². The smallest absolute Gasteiger partial charge is 0.191 e. The van der Waals surface area contributed by atoms with E-state index in [1.54, 1.807) is 7.11 Å². The summed E-state index contributed by atoms with van der Waals surface area (Å²) in [5.41, 5.74) is 1.10. The Balaban J connectivity index is 0.00000320. The number of rotatable bonds is 8. The van der Waals surface area contributed by atoms with E-state index >= 15 is 0 Å². The number of aryl methyl sites for hydroxylation is 1. The fraction of sp³-hybridized carbons (Fsp3) is 0.500. The van der Waals surface area contributed by atoms with Crippen LogP contribution in [0.4, 0.5) is 0 Å². The van der Waals surface area contributed by atoms with Gasteiger partial charge in [-0.25, -0.2) is 4.99 Å². The number of hydrogen-bond acceptors (Lipinski definition) is 5. The number of hydrogen-bond donors (Lipinski definition) is 2. The fourth-order valence-corrected chi connectivity index (χ4v) is 3.41. The molecule has 1 saturated heterocycles. The van der Waals surface area contributed by atoms with Gasteiger partial charge in [0.25, 0.3) is 0 Å². The number of aliphatic imine (C=N–C) groups is 1. The molecule has 8 heteroatoms. The minimum absolute atomic E-state index is 0. The number of nitrogens with one attached hydrogen (secondary N) is 2. The lowest BCUT2D eigenvalue weighted by atomic mass is 10.1. The minimum Gasteiger partial charge on any atom is -0.497 e. The van der Waals surface area contributed by atoms with Crippen LogP contribution in [-0.4, -0.2) is 57.4 Å². The zero-order valence-corrected chi connectivity index (χ0v) is 20.3.